The average Bonchev–Trinajstić information content (AvgIpc) is 2.80. The molecule has 33 heavy (non-hydrogen) atoms. The molecule has 0 saturated carbocycles. The number of hydrogen-bond donors (Lipinski definition) is 0. The van der Waals surface area contributed by atoms with Crippen LogP contribution >= 0.6 is 0 Å². The second-order valence-corrected chi connectivity index (χ2v) is 7.07. The SMILES string of the molecule is Cc1cc(C(c2ccccc2)c2cc(C)c(N=C=O)c(N=C=O)c2)cc(N=C=O)c1N=C=O. The maximum atomic E-state index is 11.0. The van der Waals surface area contributed by atoms with E-state index >= 15 is 0 Å². The van der Waals surface area contributed by atoms with Crippen molar-refractivity contribution in [2.75, 3.05) is 0 Å². The molecular weight excluding hydrogens is 420 g/mol. The van der Waals surface area contributed by atoms with Crippen molar-refractivity contribution in [3.8, 4) is 0 Å². The minimum Gasteiger partial charge on any atom is -0.211 e. The molecule has 3 aromatic rings. The van der Waals surface area contributed by atoms with Crippen molar-refractivity contribution in [3.05, 3.63) is 82.4 Å². The van der Waals surface area contributed by atoms with Crippen molar-refractivity contribution in [1.82, 2.24) is 0 Å². The summed E-state index contributed by atoms with van der Waals surface area (Å²) < 4.78 is 0. The van der Waals surface area contributed by atoms with Crippen LogP contribution in [0, 0.1) is 13.8 Å². The van der Waals surface area contributed by atoms with Gasteiger partial charge in [0.15, 0.2) is 0 Å². The molecule has 0 aliphatic heterocycles. The van der Waals surface area contributed by atoms with Crippen LogP contribution in [0.2, 0.25) is 0 Å². The van der Waals surface area contributed by atoms with Gasteiger partial charge in [-0.1, -0.05) is 42.5 Å². The summed E-state index contributed by atoms with van der Waals surface area (Å²) in [5.74, 6) is -0.381. The summed E-state index contributed by atoms with van der Waals surface area (Å²) in [4.78, 5) is 58.5. The number of carbonyl (C=O) groups excluding carboxylic acids is 4. The van der Waals surface area contributed by atoms with Crippen molar-refractivity contribution in [3.63, 3.8) is 0 Å². The number of nitrogens with zero attached hydrogens (tertiary/aromatic N) is 4. The molecule has 0 aliphatic carbocycles. The highest BCUT2D eigenvalue weighted by Crippen LogP contribution is 2.42. The van der Waals surface area contributed by atoms with Gasteiger partial charge < -0.3 is 0 Å². The Balaban J connectivity index is 2.37. The molecule has 0 fully saturated rings. The van der Waals surface area contributed by atoms with Crippen LogP contribution in [0.5, 0.6) is 0 Å². The highest BCUT2D eigenvalue weighted by atomic mass is 16.1. The summed E-state index contributed by atoms with van der Waals surface area (Å²) in [6.07, 6.45) is 5.94. The monoisotopic (exact) mass is 436 g/mol. The van der Waals surface area contributed by atoms with Crippen LogP contribution in [0.4, 0.5) is 22.7 Å². The third-order valence-corrected chi connectivity index (χ3v) is 5.05. The molecular formula is C25H16N4O4. The third-order valence-electron chi connectivity index (χ3n) is 5.05. The van der Waals surface area contributed by atoms with Crippen LogP contribution in [0.15, 0.2) is 74.6 Å². The maximum Gasteiger partial charge on any atom is 0.240 e. The highest BCUT2D eigenvalue weighted by molar-refractivity contribution is 5.75. The quantitative estimate of drug-likeness (QED) is 0.282. The van der Waals surface area contributed by atoms with E-state index in [1.54, 1.807) is 26.0 Å². The van der Waals surface area contributed by atoms with Gasteiger partial charge >= 0.3 is 0 Å². The maximum absolute atomic E-state index is 11.0. The first-order valence-corrected chi connectivity index (χ1v) is 9.69. The molecule has 3 rings (SSSR count). The molecule has 0 spiro atoms. The Labute approximate surface area is 188 Å². The largest absolute Gasteiger partial charge is 0.240 e. The molecule has 160 valence electrons. The Morgan fingerprint density at radius 1 is 0.576 bits per heavy atom. The van der Waals surface area contributed by atoms with Crippen LogP contribution in [-0.4, -0.2) is 24.3 Å². The summed E-state index contributed by atoms with van der Waals surface area (Å²) in [7, 11) is 0. The fourth-order valence-corrected chi connectivity index (χ4v) is 3.78. The molecule has 0 saturated heterocycles. The number of benzene rings is 3. The van der Waals surface area contributed by atoms with Gasteiger partial charge in [0.25, 0.3) is 0 Å². The summed E-state index contributed by atoms with van der Waals surface area (Å²) >= 11 is 0. The Hall–Kier alpha value is -4.82. The molecule has 8 heteroatoms. The van der Waals surface area contributed by atoms with E-state index in [0.29, 0.717) is 11.1 Å². The number of rotatable bonds is 7. The van der Waals surface area contributed by atoms with Gasteiger partial charge in [-0.25, -0.2) is 19.2 Å². The van der Waals surface area contributed by atoms with E-state index in [4.69, 9.17) is 0 Å². The molecule has 0 bridgehead atoms. The molecule has 0 amide bonds. The predicted octanol–water partition coefficient (Wildman–Crippen LogP) is 5.35. The zero-order valence-electron chi connectivity index (χ0n) is 17.7. The lowest BCUT2D eigenvalue weighted by atomic mass is 9.83. The Morgan fingerprint density at radius 2 is 1.00 bits per heavy atom. The normalized spacial score (nSPS) is 10.6. The summed E-state index contributed by atoms with van der Waals surface area (Å²) in [5.41, 5.74) is 4.39. The predicted molar refractivity (Wildman–Crippen MR) is 121 cm³/mol. The fourth-order valence-electron chi connectivity index (χ4n) is 3.78. The minimum absolute atomic E-state index is 0.175. The van der Waals surface area contributed by atoms with Crippen molar-refractivity contribution in [1.29, 1.82) is 0 Å². The van der Waals surface area contributed by atoms with Crippen molar-refractivity contribution in [2.45, 2.75) is 19.8 Å². The van der Waals surface area contributed by atoms with Gasteiger partial charge in [-0.2, -0.15) is 20.0 Å². The van der Waals surface area contributed by atoms with Gasteiger partial charge in [-0.05, 0) is 53.8 Å². The van der Waals surface area contributed by atoms with E-state index in [1.807, 2.05) is 42.5 Å². The van der Waals surface area contributed by atoms with E-state index in [9.17, 15) is 19.2 Å². The highest BCUT2D eigenvalue weighted by Gasteiger charge is 2.22. The van der Waals surface area contributed by atoms with E-state index in [1.165, 1.54) is 24.3 Å². The number of aryl methyl sites for hydroxylation is 2. The van der Waals surface area contributed by atoms with Gasteiger partial charge in [0, 0.05) is 5.92 Å². The van der Waals surface area contributed by atoms with Crippen LogP contribution in [0.3, 0.4) is 0 Å². The smallest absolute Gasteiger partial charge is 0.211 e. The molecule has 0 N–H and O–H groups in total. The standard InChI is InChI=1S/C25H16N4O4/c1-16-8-19(10-21(26-12-30)24(16)28-14-32)23(18-6-4-3-5-7-18)20-9-17(2)25(29-15-33)22(11-20)27-13-31/h3-11,23H,1-2H3. The van der Waals surface area contributed by atoms with Gasteiger partial charge in [0.1, 0.15) is 22.7 Å². The number of isocyanates is 4. The zero-order chi connectivity index (χ0) is 23.8. The molecule has 0 heterocycles. The van der Waals surface area contributed by atoms with Crippen molar-refractivity contribution in [2.24, 2.45) is 20.0 Å². The van der Waals surface area contributed by atoms with Gasteiger partial charge in [0.2, 0.25) is 24.3 Å². The lowest BCUT2D eigenvalue weighted by Gasteiger charge is -2.21. The topological polar surface area (TPSA) is 118 Å². The molecule has 3 aromatic carbocycles. The molecule has 0 atom stereocenters. The zero-order valence-corrected chi connectivity index (χ0v) is 17.7. The van der Waals surface area contributed by atoms with Crippen LogP contribution < -0.4 is 0 Å². The van der Waals surface area contributed by atoms with Crippen LogP contribution in [0.1, 0.15) is 33.7 Å². The first-order chi connectivity index (χ1) is 16.0. The van der Waals surface area contributed by atoms with Gasteiger partial charge in [-0.3, -0.25) is 0 Å². The lowest BCUT2D eigenvalue weighted by molar-refractivity contribution is 0.564. The van der Waals surface area contributed by atoms with Gasteiger partial charge in [0.05, 0.1) is 0 Å². The van der Waals surface area contributed by atoms with E-state index in [0.717, 1.165) is 16.7 Å². The first kappa shape index (κ1) is 22.9. The molecule has 0 unspecified atom stereocenters. The van der Waals surface area contributed by atoms with E-state index in [2.05, 4.69) is 20.0 Å². The van der Waals surface area contributed by atoms with Gasteiger partial charge in [-0.15, -0.1) is 0 Å². The Bertz CT molecular complexity index is 1320. The second kappa shape index (κ2) is 10.5. The minimum atomic E-state index is -0.381. The third kappa shape index (κ3) is 4.92. The molecule has 0 aliphatic rings. The van der Waals surface area contributed by atoms with E-state index in [-0.39, 0.29) is 28.7 Å². The lowest BCUT2D eigenvalue weighted by Crippen LogP contribution is -2.04. The summed E-state index contributed by atoms with van der Waals surface area (Å²) in [5, 5.41) is 0. The van der Waals surface area contributed by atoms with Crippen molar-refractivity contribution < 1.29 is 19.2 Å². The summed E-state index contributed by atoms with van der Waals surface area (Å²) in [6, 6.07) is 16.4. The second-order valence-electron chi connectivity index (χ2n) is 7.07. The first-order valence-electron chi connectivity index (χ1n) is 9.69. The molecule has 0 radical (unpaired) electrons. The summed E-state index contributed by atoms with van der Waals surface area (Å²) in [6.45, 7) is 3.47. The number of aliphatic imine (C=N–C) groups is 4. The molecule has 0 aromatic heterocycles. The number of hydrogen-bond acceptors (Lipinski definition) is 8. The average molecular weight is 436 g/mol. The van der Waals surface area contributed by atoms with Crippen LogP contribution in [0.25, 0.3) is 0 Å². The van der Waals surface area contributed by atoms with Crippen LogP contribution in [-0.2, 0) is 19.2 Å². The van der Waals surface area contributed by atoms with Crippen molar-refractivity contribution >= 4 is 47.1 Å². The van der Waals surface area contributed by atoms with E-state index < -0.39 is 0 Å². The fraction of sp³-hybridized carbons (Fsp3) is 0.120. The Kier molecular flexibility index (Phi) is 7.25. The Morgan fingerprint density at radius 3 is 1.39 bits per heavy atom. The molecule has 8 nitrogen and oxygen atoms in total.